The van der Waals surface area contributed by atoms with Gasteiger partial charge in [0.1, 0.15) is 6.10 Å². The first-order chi connectivity index (χ1) is 13.8. The van der Waals surface area contributed by atoms with E-state index in [4.69, 9.17) is 14.1 Å². The second kappa shape index (κ2) is 9.24. The van der Waals surface area contributed by atoms with Crippen LogP contribution in [0.25, 0.3) is 0 Å². The third kappa shape index (κ3) is 5.15. The van der Waals surface area contributed by atoms with E-state index < -0.39 is 22.7 Å². The van der Waals surface area contributed by atoms with Gasteiger partial charge in [-0.1, -0.05) is 0 Å². The second-order valence-electron chi connectivity index (χ2n) is 6.76. The van der Waals surface area contributed by atoms with E-state index in [0.29, 0.717) is 5.69 Å². The monoisotopic (exact) mass is 430 g/mol. The largest absolute Gasteiger partial charge is 0.627 e. The van der Waals surface area contributed by atoms with Gasteiger partial charge in [-0.25, -0.2) is 9.18 Å². The van der Waals surface area contributed by atoms with E-state index in [1.165, 1.54) is 29.0 Å². The molecule has 1 aromatic rings. The number of halogens is 1. The number of piperazine rings is 1. The van der Waals surface area contributed by atoms with E-state index in [-0.39, 0.29) is 50.9 Å². The van der Waals surface area contributed by atoms with Gasteiger partial charge >= 0.3 is 6.09 Å². The van der Waals surface area contributed by atoms with E-state index in [9.17, 15) is 19.2 Å². The summed E-state index contributed by atoms with van der Waals surface area (Å²) in [6, 6.07) is 4.09. The number of carbonyl (C=O) groups excluding carboxylic acids is 2. The number of ether oxygens (including phenoxy) is 1. The van der Waals surface area contributed by atoms with Crippen LogP contribution in [0.5, 0.6) is 0 Å². The molecule has 0 aromatic heterocycles. The Bertz CT molecular complexity index is 761. The molecule has 2 saturated heterocycles. The lowest BCUT2D eigenvalue weighted by Crippen LogP contribution is -2.57. The van der Waals surface area contributed by atoms with E-state index in [2.05, 4.69) is 5.32 Å². The molecule has 0 saturated carbocycles. The lowest BCUT2D eigenvalue weighted by Gasteiger charge is -2.46. The molecule has 10 nitrogen and oxygen atoms in total. The van der Waals surface area contributed by atoms with Crippen LogP contribution in [-0.4, -0.2) is 68.7 Å². The number of rotatable bonds is 7. The Kier molecular flexibility index (Phi) is 6.93. The Balaban J connectivity index is 1.66. The van der Waals surface area contributed by atoms with Crippen molar-refractivity contribution in [2.45, 2.75) is 13.0 Å². The minimum atomic E-state index is -0.832. The maximum Gasteiger partial charge on any atom is 0.414 e. The molecule has 2 fully saturated rings. The molecule has 1 aromatic carbocycles. The third-order valence-corrected chi connectivity index (χ3v) is 4.96. The molecule has 1 atom stereocenters. The van der Waals surface area contributed by atoms with Crippen molar-refractivity contribution in [2.75, 3.05) is 50.4 Å². The van der Waals surface area contributed by atoms with Crippen molar-refractivity contribution >= 4 is 35.4 Å². The smallest absolute Gasteiger partial charge is 0.414 e. The van der Waals surface area contributed by atoms with Crippen molar-refractivity contribution < 1.29 is 28.0 Å². The van der Waals surface area contributed by atoms with Crippen molar-refractivity contribution in [3.05, 3.63) is 29.2 Å². The van der Waals surface area contributed by atoms with Crippen LogP contribution in [0.2, 0.25) is 0 Å². The van der Waals surface area contributed by atoms with Crippen molar-refractivity contribution in [1.29, 1.82) is 0 Å². The molecule has 0 unspecified atom stereocenters. The molecule has 2 heterocycles. The van der Waals surface area contributed by atoms with Crippen molar-refractivity contribution in [3.63, 3.8) is 0 Å². The Morgan fingerprint density at radius 3 is 2.79 bits per heavy atom. The first kappa shape index (κ1) is 21.7. The lowest BCUT2D eigenvalue weighted by molar-refractivity contribution is -0.364. The van der Waals surface area contributed by atoms with Gasteiger partial charge in [0.15, 0.2) is 11.5 Å². The minimum Gasteiger partial charge on any atom is -0.627 e. The molecule has 2 amide bonds. The predicted molar refractivity (Wildman–Crippen MR) is 105 cm³/mol. The summed E-state index contributed by atoms with van der Waals surface area (Å²) in [6.07, 6.45) is 0.550. The molecule has 2 aliphatic heterocycles. The van der Waals surface area contributed by atoms with Gasteiger partial charge in [0.25, 0.3) is 0 Å². The molecular formula is C17H23FN4O6S. The molecular weight excluding hydrogens is 407 g/mol. The number of hydroxylamine groups is 4. The highest BCUT2D eigenvalue weighted by Crippen LogP contribution is 2.32. The van der Waals surface area contributed by atoms with Gasteiger partial charge in [-0.15, -0.1) is 14.4 Å². The van der Waals surface area contributed by atoms with E-state index in [0.717, 1.165) is 18.1 Å². The number of benzene rings is 1. The predicted octanol–water partition coefficient (Wildman–Crippen LogP) is 1.55. The zero-order valence-electron chi connectivity index (χ0n) is 16.1. The van der Waals surface area contributed by atoms with Gasteiger partial charge in [-0.2, -0.15) is 0 Å². The Hall–Kier alpha value is -1.96. The summed E-state index contributed by atoms with van der Waals surface area (Å²) in [5.74, 6) is -0.921. The van der Waals surface area contributed by atoms with Crippen LogP contribution in [-0.2, 0) is 18.9 Å². The quantitative estimate of drug-likeness (QED) is 0.229. The highest BCUT2D eigenvalue weighted by molar-refractivity contribution is 7.93. The summed E-state index contributed by atoms with van der Waals surface area (Å²) in [5, 5.41) is 17.2. The Morgan fingerprint density at radius 1 is 1.45 bits per heavy atom. The molecule has 0 bridgehead atoms. The topological polar surface area (TPSA) is 103 Å². The maximum absolute atomic E-state index is 14.8. The molecule has 160 valence electrons. The Morgan fingerprint density at radius 2 is 2.17 bits per heavy atom. The summed E-state index contributed by atoms with van der Waals surface area (Å²) in [7, 11) is 0. The maximum atomic E-state index is 14.8. The van der Waals surface area contributed by atoms with Crippen molar-refractivity contribution in [1.82, 2.24) is 15.0 Å². The SMILES string of the molecule is CSOON1CC[N+]([O-])(c2ccc(N3C[C@H](CNC(C)=O)OC3=O)cc2F)CC1. The summed E-state index contributed by atoms with van der Waals surface area (Å²) < 4.78 is 23.9. The van der Waals surface area contributed by atoms with Gasteiger partial charge in [-0.05, 0) is 6.07 Å². The van der Waals surface area contributed by atoms with Crippen LogP contribution in [0.15, 0.2) is 18.2 Å². The molecule has 2 aliphatic rings. The molecule has 0 radical (unpaired) electrons. The first-order valence-electron chi connectivity index (χ1n) is 9.05. The van der Waals surface area contributed by atoms with Gasteiger partial charge in [-0.3, -0.25) is 9.69 Å². The fourth-order valence-electron chi connectivity index (χ4n) is 3.25. The fourth-order valence-corrected chi connectivity index (χ4v) is 3.40. The number of nitrogens with zero attached hydrogens (tertiary/aromatic N) is 3. The van der Waals surface area contributed by atoms with Crippen molar-refractivity contribution in [2.24, 2.45) is 0 Å². The molecule has 0 spiro atoms. The van der Waals surface area contributed by atoms with Crippen LogP contribution in [0.4, 0.5) is 20.6 Å². The van der Waals surface area contributed by atoms with Crippen LogP contribution in [0.3, 0.4) is 0 Å². The van der Waals surface area contributed by atoms with Crippen LogP contribution < -0.4 is 14.9 Å². The number of anilines is 1. The number of hydrogen-bond donors (Lipinski definition) is 1. The fraction of sp³-hybridized carbons (Fsp3) is 0.529. The molecule has 0 aliphatic carbocycles. The van der Waals surface area contributed by atoms with Crippen LogP contribution in [0, 0.1) is 11.0 Å². The number of nitrogens with one attached hydrogen (secondary N) is 1. The van der Waals surface area contributed by atoms with E-state index in [1.54, 1.807) is 6.26 Å². The zero-order chi connectivity index (χ0) is 21.0. The van der Waals surface area contributed by atoms with Gasteiger partial charge in [0.05, 0.1) is 45.0 Å². The molecule has 3 rings (SSSR count). The summed E-state index contributed by atoms with van der Waals surface area (Å²) in [5.41, 5.74) is 0.296. The molecule has 12 heteroatoms. The van der Waals surface area contributed by atoms with Crippen molar-refractivity contribution in [3.8, 4) is 0 Å². The van der Waals surface area contributed by atoms with Crippen LogP contribution in [0.1, 0.15) is 6.92 Å². The zero-order valence-corrected chi connectivity index (χ0v) is 16.9. The standard InChI is InChI=1S/C17H23FN4O6S/c1-12(23)19-10-14-11-21(17(24)26-14)13-3-4-16(15(18)9-13)22(25)7-5-20(6-8-22)27-28-29-2/h3-4,9,14H,5-8,10-11H2,1-2H3,(H,19,23)/t14-/m0/s1. The normalized spacial score (nSPS) is 21.9. The van der Waals surface area contributed by atoms with Gasteiger partial charge < -0.3 is 19.9 Å². The Labute approximate surface area is 171 Å². The number of hydrogen-bond acceptors (Lipinski definition) is 8. The average Bonchev–Trinajstić information content (AvgIpc) is 3.06. The average molecular weight is 430 g/mol. The third-order valence-electron chi connectivity index (χ3n) is 4.76. The minimum absolute atomic E-state index is 0.00143. The first-order valence-corrected chi connectivity index (χ1v) is 10.2. The number of cyclic esters (lactones) is 1. The molecule has 1 N–H and O–H groups in total. The van der Waals surface area contributed by atoms with Crippen LogP contribution >= 0.6 is 12.0 Å². The highest BCUT2D eigenvalue weighted by atomic mass is 32.2. The summed E-state index contributed by atoms with van der Waals surface area (Å²) in [4.78, 5) is 29.4. The number of amides is 2. The van der Waals surface area contributed by atoms with E-state index >= 15 is 0 Å². The second-order valence-corrected chi connectivity index (χ2v) is 7.23. The summed E-state index contributed by atoms with van der Waals surface area (Å²) in [6.45, 7) is 2.49. The highest BCUT2D eigenvalue weighted by Gasteiger charge is 2.35. The summed E-state index contributed by atoms with van der Waals surface area (Å²) >= 11 is 1.04. The van der Waals surface area contributed by atoms with Gasteiger partial charge in [0.2, 0.25) is 5.91 Å². The van der Waals surface area contributed by atoms with Gasteiger partial charge in [0, 0.05) is 37.4 Å². The number of carbonyl (C=O) groups is 2. The van der Waals surface area contributed by atoms with E-state index in [1.807, 2.05) is 0 Å². The number of quaternary nitrogens is 1. The lowest BCUT2D eigenvalue weighted by atomic mass is 10.2. The molecule has 29 heavy (non-hydrogen) atoms.